The summed E-state index contributed by atoms with van der Waals surface area (Å²) in [5.41, 5.74) is 8.91. The number of anilines is 1. The van der Waals surface area contributed by atoms with Gasteiger partial charge in [0.15, 0.2) is 0 Å². The Morgan fingerprint density at radius 3 is 2.72 bits per heavy atom. The third-order valence-electron chi connectivity index (χ3n) is 3.89. The lowest BCUT2D eigenvalue weighted by Gasteiger charge is -2.39. The summed E-state index contributed by atoms with van der Waals surface area (Å²) >= 11 is 0. The van der Waals surface area contributed by atoms with E-state index in [1.54, 1.807) is 0 Å². The predicted octanol–water partition coefficient (Wildman–Crippen LogP) is 2.90. The Kier molecular flexibility index (Phi) is 3.60. The lowest BCUT2D eigenvalue weighted by Crippen LogP contribution is -2.41. The first-order chi connectivity index (χ1) is 8.49. The van der Waals surface area contributed by atoms with Crippen molar-refractivity contribution in [2.75, 3.05) is 11.4 Å². The molecule has 0 aromatic heterocycles. The van der Waals surface area contributed by atoms with Gasteiger partial charge in [0.05, 0.1) is 0 Å². The molecule has 1 fully saturated rings. The van der Waals surface area contributed by atoms with E-state index in [-0.39, 0.29) is 5.84 Å². The van der Waals surface area contributed by atoms with Crippen LogP contribution in [0.4, 0.5) is 5.69 Å². The molecule has 18 heavy (non-hydrogen) atoms. The van der Waals surface area contributed by atoms with Crippen LogP contribution in [0, 0.1) is 18.3 Å². The van der Waals surface area contributed by atoms with Gasteiger partial charge in [0.2, 0.25) is 0 Å². The van der Waals surface area contributed by atoms with Gasteiger partial charge < -0.3 is 10.6 Å². The predicted molar refractivity (Wildman–Crippen MR) is 77.4 cm³/mol. The highest BCUT2D eigenvalue weighted by atomic mass is 15.2. The Hall–Kier alpha value is -1.51. The van der Waals surface area contributed by atoms with Crippen LogP contribution < -0.4 is 10.6 Å². The lowest BCUT2D eigenvalue weighted by atomic mass is 9.92. The van der Waals surface area contributed by atoms with E-state index in [0.717, 1.165) is 23.7 Å². The topological polar surface area (TPSA) is 53.1 Å². The summed E-state index contributed by atoms with van der Waals surface area (Å²) in [7, 11) is 0. The van der Waals surface area contributed by atoms with Crippen molar-refractivity contribution >= 4 is 11.5 Å². The van der Waals surface area contributed by atoms with E-state index in [1.807, 2.05) is 12.1 Å². The van der Waals surface area contributed by atoms with Crippen molar-refractivity contribution in [1.82, 2.24) is 0 Å². The Bertz CT molecular complexity index is 453. The van der Waals surface area contributed by atoms with Gasteiger partial charge in [-0.2, -0.15) is 0 Å². The molecule has 1 aliphatic rings. The Labute approximate surface area is 109 Å². The van der Waals surface area contributed by atoms with E-state index >= 15 is 0 Å². The van der Waals surface area contributed by atoms with Crippen molar-refractivity contribution in [3.05, 3.63) is 29.3 Å². The zero-order chi connectivity index (χ0) is 13.3. The molecular weight excluding hydrogens is 222 g/mol. The summed E-state index contributed by atoms with van der Waals surface area (Å²) in [6, 6.07) is 6.67. The smallest absolute Gasteiger partial charge is 0.124 e. The number of nitrogens with two attached hydrogens (primary N) is 1. The summed E-state index contributed by atoms with van der Waals surface area (Å²) in [6.45, 7) is 7.73. The number of nitrogens with one attached hydrogen (secondary N) is 1. The number of benzene rings is 1. The number of rotatable bonds is 2. The molecule has 1 aliphatic heterocycles. The van der Waals surface area contributed by atoms with E-state index in [9.17, 15) is 0 Å². The molecule has 1 aromatic rings. The highest BCUT2D eigenvalue weighted by molar-refractivity contribution is 6.00. The van der Waals surface area contributed by atoms with Gasteiger partial charge in [-0.3, -0.25) is 5.41 Å². The molecule has 98 valence electrons. The average molecular weight is 245 g/mol. The quantitative estimate of drug-likeness (QED) is 0.622. The van der Waals surface area contributed by atoms with Crippen LogP contribution in [0.5, 0.6) is 0 Å². The van der Waals surface area contributed by atoms with Crippen molar-refractivity contribution in [3.8, 4) is 0 Å². The van der Waals surface area contributed by atoms with Gasteiger partial charge >= 0.3 is 0 Å². The van der Waals surface area contributed by atoms with Crippen molar-refractivity contribution in [1.29, 1.82) is 5.41 Å². The molecule has 0 radical (unpaired) electrons. The fourth-order valence-electron chi connectivity index (χ4n) is 2.87. The van der Waals surface area contributed by atoms with Crippen molar-refractivity contribution in [2.24, 2.45) is 11.7 Å². The van der Waals surface area contributed by atoms with Gasteiger partial charge in [0.1, 0.15) is 5.84 Å². The summed E-state index contributed by atoms with van der Waals surface area (Å²) in [5.74, 6) is 0.956. The zero-order valence-electron chi connectivity index (χ0n) is 11.5. The third-order valence-corrected chi connectivity index (χ3v) is 3.89. The maximum atomic E-state index is 7.72. The molecule has 2 unspecified atom stereocenters. The number of nitrogens with zero attached hydrogens (tertiary/aromatic N) is 1. The van der Waals surface area contributed by atoms with Gasteiger partial charge in [0.25, 0.3) is 0 Å². The van der Waals surface area contributed by atoms with Crippen LogP contribution in [0.3, 0.4) is 0 Å². The monoisotopic (exact) mass is 245 g/mol. The number of nitrogen functional groups attached to an aromatic ring is 1. The second-order valence-corrected chi connectivity index (χ2v) is 5.61. The first-order valence-corrected chi connectivity index (χ1v) is 6.70. The number of aryl methyl sites for hydroxylation is 1. The second-order valence-electron chi connectivity index (χ2n) is 5.61. The Morgan fingerprint density at radius 2 is 2.11 bits per heavy atom. The molecule has 3 N–H and O–H groups in total. The zero-order valence-corrected chi connectivity index (χ0v) is 11.5. The molecule has 0 spiro atoms. The molecular formula is C15H23N3. The van der Waals surface area contributed by atoms with E-state index in [2.05, 4.69) is 31.7 Å². The summed E-state index contributed by atoms with van der Waals surface area (Å²) in [6.07, 6.45) is 2.43. The lowest BCUT2D eigenvalue weighted by molar-refractivity contribution is 0.378. The molecule has 2 atom stereocenters. The van der Waals surface area contributed by atoms with E-state index in [4.69, 9.17) is 11.1 Å². The third kappa shape index (κ3) is 2.50. The van der Waals surface area contributed by atoms with Crippen molar-refractivity contribution < 1.29 is 0 Å². The average Bonchev–Trinajstić information content (AvgIpc) is 2.28. The molecule has 3 nitrogen and oxygen atoms in total. The largest absolute Gasteiger partial charge is 0.384 e. The fourth-order valence-corrected chi connectivity index (χ4v) is 2.87. The minimum Gasteiger partial charge on any atom is -0.384 e. The summed E-state index contributed by atoms with van der Waals surface area (Å²) in [5, 5.41) is 7.72. The van der Waals surface area contributed by atoms with Crippen LogP contribution in [0.15, 0.2) is 18.2 Å². The van der Waals surface area contributed by atoms with Crippen LogP contribution in [0.2, 0.25) is 0 Å². The second kappa shape index (κ2) is 5.01. The van der Waals surface area contributed by atoms with Crippen LogP contribution in [0.1, 0.15) is 37.8 Å². The Balaban J connectivity index is 2.37. The molecule has 0 saturated carbocycles. The van der Waals surface area contributed by atoms with Gasteiger partial charge in [0, 0.05) is 23.8 Å². The normalized spacial score (nSPS) is 24.1. The minimum absolute atomic E-state index is 0.163. The van der Waals surface area contributed by atoms with Gasteiger partial charge in [-0.25, -0.2) is 0 Å². The number of hydrogen-bond acceptors (Lipinski definition) is 2. The van der Waals surface area contributed by atoms with Gasteiger partial charge in [-0.05, 0) is 50.3 Å². The van der Waals surface area contributed by atoms with Gasteiger partial charge in [-0.15, -0.1) is 0 Å². The Morgan fingerprint density at radius 1 is 1.39 bits per heavy atom. The highest BCUT2D eigenvalue weighted by Gasteiger charge is 2.25. The SMILES string of the molecule is Cc1ccc(C(=N)N)c(N2CCC(C)CC2C)c1. The maximum absolute atomic E-state index is 7.72. The van der Waals surface area contributed by atoms with Crippen LogP contribution in [-0.2, 0) is 0 Å². The molecule has 3 heteroatoms. The fraction of sp³-hybridized carbons (Fsp3) is 0.533. The van der Waals surface area contributed by atoms with E-state index in [1.165, 1.54) is 18.4 Å². The standard InChI is InChI=1S/C15H23N3/c1-10-4-5-13(15(16)17)14(9-10)18-7-6-11(2)8-12(18)3/h4-5,9,11-12H,6-8H2,1-3H3,(H3,16,17). The van der Waals surface area contributed by atoms with E-state index < -0.39 is 0 Å². The number of hydrogen-bond donors (Lipinski definition) is 2. The summed E-state index contributed by atoms with van der Waals surface area (Å²) < 4.78 is 0. The first-order valence-electron chi connectivity index (χ1n) is 6.70. The van der Waals surface area contributed by atoms with Crippen molar-refractivity contribution in [2.45, 2.75) is 39.7 Å². The van der Waals surface area contributed by atoms with E-state index in [0.29, 0.717) is 6.04 Å². The number of amidine groups is 1. The van der Waals surface area contributed by atoms with Crippen LogP contribution in [-0.4, -0.2) is 18.4 Å². The number of piperidine rings is 1. The molecule has 1 aromatic carbocycles. The van der Waals surface area contributed by atoms with Crippen LogP contribution in [0.25, 0.3) is 0 Å². The van der Waals surface area contributed by atoms with Crippen LogP contribution >= 0.6 is 0 Å². The maximum Gasteiger partial charge on any atom is 0.124 e. The van der Waals surface area contributed by atoms with Gasteiger partial charge in [-0.1, -0.05) is 13.0 Å². The molecule has 1 heterocycles. The molecule has 1 saturated heterocycles. The van der Waals surface area contributed by atoms with Crippen molar-refractivity contribution in [3.63, 3.8) is 0 Å². The molecule has 2 rings (SSSR count). The molecule has 0 amide bonds. The minimum atomic E-state index is 0.163. The molecule has 0 bridgehead atoms. The molecule has 0 aliphatic carbocycles. The highest BCUT2D eigenvalue weighted by Crippen LogP contribution is 2.30. The summed E-state index contributed by atoms with van der Waals surface area (Å²) in [4.78, 5) is 2.41. The first kappa shape index (κ1) is 12.9.